The van der Waals surface area contributed by atoms with Crippen molar-refractivity contribution in [3.8, 4) is 34.1 Å². The zero-order valence-electron chi connectivity index (χ0n) is 23.6. The van der Waals surface area contributed by atoms with Crippen molar-refractivity contribution in [2.24, 2.45) is 0 Å². The van der Waals surface area contributed by atoms with E-state index < -0.39 is 11.5 Å². The lowest BCUT2D eigenvalue weighted by molar-refractivity contribution is 0.0588. The normalized spacial score (nSPS) is 10.8. The molecule has 0 radical (unpaired) electrons. The van der Waals surface area contributed by atoms with Crippen LogP contribution in [-0.2, 0) is 17.9 Å². The van der Waals surface area contributed by atoms with Crippen molar-refractivity contribution in [2.75, 3.05) is 28.4 Å². The second-order valence-electron chi connectivity index (χ2n) is 9.20. The van der Waals surface area contributed by atoms with Gasteiger partial charge in [0.15, 0.2) is 11.5 Å². The maximum Gasteiger partial charge on any atom is 0.355 e. The molecule has 5 rings (SSSR count). The number of esters is 1. The van der Waals surface area contributed by atoms with Crippen LogP contribution in [0.2, 0.25) is 0 Å². The number of ether oxygens (including phenoxy) is 5. The second kappa shape index (κ2) is 12.4. The zero-order valence-corrected chi connectivity index (χ0v) is 23.6. The summed E-state index contributed by atoms with van der Waals surface area (Å²) in [7, 11) is 5.80. The van der Waals surface area contributed by atoms with E-state index in [0.717, 1.165) is 11.3 Å². The minimum atomic E-state index is -0.683. The van der Waals surface area contributed by atoms with E-state index in [0.29, 0.717) is 44.9 Å². The van der Waals surface area contributed by atoms with Crippen LogP contribution in [-0.4, -0.2) is 48.9 Å². The first-order valence-electron chi connectivity index (χ1n) is 13.0. The Labute approximate surface area is 242 Å². The Kier molecular flexibility index (Phi) is 8.33. The molecule has 10 heteroatoms. The Bertz CT molecular complexity index is 1760. The molecule has 3 heterocycles. The van der Waals surface area contributed by atoms with Crippen LogP contribution in [0, 0.1) is 0 Å². The highest BCUT2D eigenvalue weighted by Crippen LogP contribution is 2.43. The average Bonchev–Trinajstić information content (AvgIpc) is 3.04. The van der Waals surface area contributed by atoms with Gasteiger partial charge < -0.3 is 23.7 Å². The Morgan fingerprint density at radius 3 is 2.26 bits per heavy atom. The summed E-state index contributed by atoms with van der Waals surface area (Å²) in [6.45, 7) is 0.291. The lowest BCUT2D eigenvalue weighted by Gasteiger charge is -2.21. The van der Waals surface area contributed by atoms with E-state index in [-0.39, 0.29) is 18.8 Å². The first-order valence-corrected chi connectivity index (χ1v) is 13.0. The largest absolute Gasteiger partial charge is 0.493 e. The molecule has 0 aliphatic rings. The number of aromatic nitrogens is 3. The Hall–Kier alpha value is -5.38. The molecule has 0 spiro atoms. The van der Waals surface area contributed by atoms with Gasteiger partial charge in [0, 0.05) is 24.2 Å². The Balaban J connectivity index is 1.80. The smallest absolute Gasteiger partial charge is 0.355 e. The van der Waals surface area contributed by atoms with E-state index in [1.807, 2.05) is 24.3 Å². The van der Waals surface area contributed by atoms with Gasteiger partial charge in [-0.15, -0.1) is 0 Å². The van der Waals surface area contributed by atoms with Gasteiger partial charge in [-0.3, -0.25) is 19.3 Å². The van der Waals surface area contributed by atoms with E-state index in [4.69, 9.17) is 23.7 Å². The molecule has 0 saturated carbocycles. The number of benzene rings is 2. The fourth-order valence-corrected chi connectivity index (χ4v) is 4.81. The number of methoxy groups -OCH3 is 4. The Morgan fingerprint density at radius 1 is 0.857 bits per heavy atom. The summed E-state index contributed by atoms with van der Waals surface area (Å²) in [5.74, 6) is 0.950. The Morgan fingerprint density at radius 2 is 1.64 bits per heavy atom. The van der Waals surface area contributed by atoms with Gasteiger partial charge in [-0.2, -0.15) is 0 Å². The van der Waals surface area contributed by atoms with E-state index >= 15 is 0 Å². The summed E-state index contributed by atoms with van der Waals surface area (Å²) in [5, 5.41) is 0.858. The summed E-state index contributed by atoms with van der Waals surface area (Å²) in [6, 6.07) is 17.8. The molecule has 5 aromatic rings. The van der Waals surface area contributed by atoms with Crippen molar-refractivity contribution in [2.45, 2.75) is 13.2 Å². The predicted octanol–water partition coefficient (Wildman–Crippen LogP) is 4.90. The maximum absolute atomic E-state index is 14.1. The number of fused-ring (bicyclic) bond motifs is 1. The monoisotopic (exact) mass is 567 g/mol. The maximum atomic E-state index is 14.1. The molecule has 0 unspecified atom stereocenters. The molecule has 0 bridgehead atoms. The molecule has 0 aliphatic heterocycles. The third kappa shape index (κ3) is 5.46. The first-order chi connectivity index (χ1) is 20.5. The minimum Gasteiger partial charge on any atom is -0.493 e. The number of nitrogens with zero attached hydrogens (tertiary/aromatic N) is 3. The SMILES string of the molecule is COC(=O)c1c(-c2cc(OC)c(OC)c(OC)c2)c2ccc(OCc3ccccn3)cc2c(=O)n1Cc1cccnc1. The van der Waals surface area contributed by atoms with Crippen LogP contribution in [0.15, 0.2) is 84.0 Å². The molecule has 2 aromatic carbocycles. The van der Waals surface area contributed by atoms with Gasteiger partial charge in [0.2, 0.25) is 5.75 Å². The van der Waals surface area contributed by atoms with Crippen LogP contribution in [0.1, 0.15) is 21.7 Å². The average molecular weight is 568 g/mol. The van der Waals surface area contributed by atoms with Crippen LogP contribution < -0.4 is 24.5 Å². The summed E-state index contributed by atoms with van der Waals surface area (Å²) < 4.78 is 29.3. The third-order valence-electron chi connectivity index (χ3n) is 6.75. The van der Waals surface area contributed by atoms with Crippen LogP contribution in [0.3, 0.4) is 0 Å². The molecule has 3 aromatic heterocycles. The van der Waals surface area contributed by atoms with Crippen LogP contribution in [0.25, 0.3) is 21.9 Å². The van der Waals surface area contributed by atoms with Crippen molar-refractivity contribution in [3.63, 3.8) is 0 Å². The van der Waals surface area contributed by atoms with E-state index in [1.165, 1.54) is 33.0 Å². The highest BCUT2D eigenvalue weighted by Gasteiger charge is 2.26. The molecule has 0 atom stereocenters. The van der Waals surface area contributed by atoms with E-state index in [2.05, 4.69) is 9.97 Å². The number of carbonyl (C=O) groups is 1. The van der Waals surface area contributed by atoms with Crippen molar-refractivity contribution in [1.82, 2.24) is 14.5 Å². The van der Waals surface area contributed by atoms with E-state index in [9.17, 15) is 9.59 Å². The second-order valence-corrected chi connectivity index (χ2v) is 9.20. The van der Waals surface area contributed by atoms with Crippen LogP contribution >= 0.6 is 0 Å². The number of hydrogen-bond acceptors (Lipinski definition) is 9. The first kappa shape index (κ1) is 28.2. The van der Waals surface area contributed by atoms with Crippen molar-refractivity contribution in [3.05, 3.63) is 107 Å². The van der Waals surface area contributed by atoms with Gasteiger partial charge in [0.05, 0.1) is 46.1 Å². The molecule has 0 N–H and O–H groups in total. The highest BCUT2D eigenvalue weighted by atomic mass is 16.5. The van der Waals surface area contributed by atoms with Gasteiger partial charge >= 0.3 is 5.97 Å². The number of pyridine rings is 3. The zero-order chi connectivity index (χ0) is 29.6. The predicted molar refractivity (Wildman–Crippen MR) is 157 cm³/mol. The fraction of sp³-hybridized carbons (Fsp3) is 0.188. The minimum absolute atomic E-state index is 0.0651. The van der Waals surface area contributed by atoms with Gasteiger partial charge in [-0.05, 0) is 65.0 Å². The topological polar surface area (TPSA) is 111 Å². The van der Waals surface area contributed by atoms with Gasteiger partial charge in [-0.1, -0.05) is 12.1 Å². The van der Waals surface area contributed by atoms with Crippen molar-refractivity contribution in [1.29, 1.82) is 0 Å². The molecule has 0 saturated heterocycles. The molecule has 214 valence electrons. The number of hydrogen-bond donors (Lipinski definition) is 0. The quantitative estimate of drug-likeness (QED) is 0.218. The fourth-order valence-electron chi connectivity index (χ4n) is 4.81. The van der Waals surface area contributed by atoms with Crippen LogP contribution in [0.4, 0.5) is 0 Å². The van der Waals surface area contributed by atoms with Gasteiger partial charge in [0.25, 0.3) is 5.56 Å². The van der Waals surface area contributed by atoms with Crippen LogP contribution in [0.5, 0.6) is 23.0 Å². The molecule has 0 aliphatic carbocycles. The standard InChI is InChI=1S/C32H29N3O7/c1-38-26-14-21(15-27(39-2)30(26)40-3)28-24-11-10-23(42-19-22-9-5-6-13-34-22)16-25(24)31(36)35(29(28)32(37)41-4)18-20-8-7-12-33-17-20/h5-17H,18-19H2,1-4H3. The molecular formula is C32H29N3O7. The lowest BCUT2D eigenvalue weighted by atomic mass is 9.95. The van der Waals surface area contributed by atoms with Gasteiger partial charge in [0.1, 0.15) is 18.1 Å². The molecular weight excluding hydrogens is 538 g/mol. The number of carbonyl (C=O) groups excluding carboxylic acids is 1. The van der Waals surface area contributed by atoms with Crippen molar-refractivity contribution >= 4 is 16.7 Å². The molecule has 0 amide bonds. The molecule has 42 heavy (non-hydrogen) atoms. The number of rotatable bonds is 10. The lowest BCUT2D eigenvalue weighted by Crippen LogP contribution is -2.28. The summed E-state index contributed by atoms with van der Waals surface area (Å²) >= 11 is 0. The third-order valence-corrected chi connectivity index (χ3v) is 6.75. The van der Waals surface area contributed by atoms with Crippen molar-refractivity contribution < 1.29 is 28.5 Å². The summed E-state index contributed by atoms with van der Waals surface area (Å²) in [4.78, 5) is 36.1. The van der Waals surface area contributed by atoms with Gasteiger partial charge in [-0.25, -0.2) is 4.79 Å². The highest BCUT2D eigenvalue weighted by molar-refractivity contribution is 6.07. The van der Waals surface area contributed by atoms with E-state index in [1.54, 1.807) is 55.0 Å². The molecule has 0 fully saturated rings. The summed E-state index contributed by atoms with van der Waals surface area (Å²) in [5.41, 5.74) is 2.14. The molecule has 10 nitrogen and oxygen atoms in total. The summed E-state index contributed by atoms with van der Waals surface area (Å²) in [6.07, 6.45) is 4.97.